The van der Waals surface area contributed by atoms with E-state index in [9.17, 15) is 0 Å². The van der Waals surface area contributed by atoms with Gasteiger partial charge in [-0.25, -0.2) is 0 Å². The van der Waals surface area contributed by atoms with Crippen molar-refractivity contribution in [2.75, 3.05) is 6.61 Å². The summed E-state index contributed by atoms with van der Waals surface area (Å²) in [6.45, 7) is 3.80. The summed E-state index contributed by atoms with van der Waals surface area (Å²) in [6, 6.07) is 6.35. The first-order valence-electron chi connectivity index (χ1n) is 4.14. The van der Waals surface area contributed by atoms with Crippen molar-refractivity contribution < 1.29 is 4.74 Å². The average Bonchev–Trinajstić information content (AvgIpc) is 2.07. The maximum absolute atomic E-state index is 5.46. The fourth-order valence-electron chi connectivity index (χ4n) is 1.62. The predicted octanol–water partition coefficient (Wildman–Crippen LogP) is 3.08. The molecule has 0 bridgehead atoms. The summed E-state index contributed by atoms with van der Waals surface area (Å²) < 4.78 is 6.63. The third-order valence-electron chi connectivity index (χ3n) is 2.30. The van der Waals surface area contributed by atoms with Crippen LogP contribution in [-0.4, -0.2) is 6.61 Å². The van der Waals surface area contributed by atoms with E-state index in [1.165, 1.54) is 15.6 Å². The van der Waals surface area contributed by atoms with E-state index in [0.717, 1.165) is 13.2 Å². The zero-order chi connectivity index (χ0) is 8.55. The summed E-state index contributed by atoms with van der Waals surface area (Å²) >= 11 is 3.53. The first-order chi connectivity index (χ1) is 5.79. The highest BCUT2D eigenvalue weighted by atomic mass is 79.9. The summed E-state index contributed by atoms with van der Waals surface area (Å²) in [5.74, 6) is 0.534. The SMILES string of the molecule is CC1COCc2c(Br)cccc21. The molecule has 0 aliphatic carbocycles. The minimum absolute atomic E-state index is 0.534. The van der Waals surface area contributed by atoms with Gasteiger partial charge in [-0.3, -0.25) is 0 Å². The van der Waals surface area contributed by atoms with Gasteiger partial charge in [-0.2, -0.15) is 0 Å². The predicted molar refractivity (Wildman–Crippen MR) is 52.2 cm³/mol. The van der Waals surface area contributed by atoms with Crippen LogP contribution in [0.5, 0.6) is 0 Å². The lowest BCUT2D eigenvalue weighted by Gasteiger charge is -2.23. The molecular formula is C10H11BrO. The van der Waals surface area contributed by atoms with Crippen LogP contribution in [0.3, 0.4) is 0 Å². The van der Waals surface area contributed by atoms with Gasteiger partial charge in [0.1, 0.15) is 0 Å². The lowest BCUT2D eigenvalue weighted by Crippen LogP contribution is -2.14. The van der Waals surface area contributed by atoms with E-state index in [1.807, 2.05) is 0 Å². The van der Waals surface area contributed by atoms with E-state index in [-0.39, 0.29) is 0 Å². The molecule has 1 aromatic carbocycles. The number of hydrogen-bond acceptors (Lipinski definition) is 1. The molecule has 12 heavy (non-hydrogen) atoms. The van der Waals surface area contributed by atoms with Gasteiger partial charge in [0, 0.05) is 10.4 Å². The van der Waals surface area contributed by atoms with Gasteiger partial charge in [0.05, 0.1) is 13.2 Å². The Balaban J connectivity index is 2.52. The number of rotatable bonds is 0. The maximum atomic E-state index is 5.46. The summed E-state index contributed by atoms with van der Waals surface area (Å²) in [5.41, 5.74) is 2.74. The molecule has 1 aliphatic heterocycles. The van der Waals surface area contributed by atoms with Gasteiger partial charge in [0.2, 0.25) is 0 Å². The molecule has 0 amide bonds. The van der Waals surface area contributed by atoms with Crippen molar-refractivity contribution in [3.05, 3.63) is 33.8 Å². The van der Waals surface area contributed by atoms with Crippen LogP contribution in [0.4, 0.5) is 0 Å². The fraction of sp³-hybridized carbons (Fsp3) is 0.400. The van der Waals surface area contributed by atoms with Gasteiger partial charge in [0.15, 0.2) is 0 Å². The number of hydrogen-bond donors (Lipinski definition) is 0. The number of benzene rings is 1. The molecule has 0 fully saturated rings. The Labute approximate surface area is 80.9 Å². The Morgan fingerprint density at radius 3 is 3.08 bits per heavy atom. The van der Waals surface area contributed by atoms with Gasteiger partial charge >= 0.3 is 0 Å². The van der Waals surface area contributed by atoms with E-state index >= 15 is 0 Å². The second-order valence-electron chi connectivity index (χ2n) is 3.22. The lowest BCUT2D eigenvalue weighted by molar-refractivity contribution is 0.0946. The zero-order valence-corrected chi connectivity index (χ0v) is 8.60. The molecule has 1 aliphatic rings. The minimum Gasteiger partial charge on any atom is -0.376 e. The van der Waals surface area contributed by atoms with Crippen molar-refractivity contribution in [3.63, 3.8) is 0 Å². The fourth-order valence-corrected chi connectivity index (χ4v) is 2.11. The van der Waals surface area contributed by atoms with Crippen molar-refractivity contribution in [2.24, 2.45) is 0 Å². The van der Waals surface area contributed by atoms with Gasteiger partial charge in [-0.05, 0) is 17.2 Å². The Morgan fingerprint density at radius 2 is 2.33 bits per heavy atom. The first-order valence-corrected chi connectivity index (χ1v) is 4.93. The lowest BCUT2D eigenvalue weighted by atomic mass is 9.95. The van der Waals surface area contributed by atoms with Gasteiger partial charge in [0.25, 0.3) is 0 Å². The van der Waals surface area contributed by atoms with Crippen LogP contribution >= 0.6 is 15.9 Å². The number of ether oxygens (including phenoxy) is 1. The topological polar surface area (TPSA) is 9.23 Å². The molecule has 1 aromatic rings. The van der Waals surface area contributed by atoms with Gasteiger partial charge in [-0.15, -0.1) is 0 Å². The zero-order valence-electron chi connectivity index (χ0n) is 7.01. The Hall–Kier alpha value is -0.340. The Kier molecular flexibility index (Phi) is 2.20. The highest BCUT2D eigenvalue weighted by Crippen LogP contribution is 2.30. The molecule has 1 nitrogen and oxygen atoms in total. The third kappa shape index (κ3) is 1.29. The standard InChI is InChI=1S/C10H11BrO/c1-7-5-12-6-9-8(7)3-2-4-10(9)11/h2-4,7H,5-6H2,1H3. The van der Waals surface area contributed by atoms with Crippen molar-refractivity contribution >= 4 is 15.9 Å². The summed E-state index contributed by atoms with van der Waals surface area (Å²) in [7, 11) is 0. The summed E-state index contributed by atoms with van der Waals surface area (Å²) in [6.07, 6.45) is 0. The van der Waals surface area contributed by atoms with Gasteiger partial charge < -0.3 is 4.74 Å². The van der Waals surface area contributed by atoms with Crippen molar-refractivity contribution in [3.8, 4) is 0 Å². The molecule has 0 N–H and O–H groups in total. The molecule has 1 atom stereocenters. The van der Waals surface area contributed by atoms with E-state index in [0.29, 0.717) is 5.92 Å². The largest absolute Gasteiger partial charge is 0.376 e. The van der Waals surface area contributed by atoms with E-state index in [2.05, 4.69) is 41.1 Å². The highest BCUT2D eigenvalue weighted by molar-refractivity contribution is 9.10. The minimum atomic E-state index is 0.534. The van der Waals surface area contributed by atoms with Crippen LogP contribution in [0.1, 0.15) is 24.0 Å². The highest BCUT2D eigenvalue weighted by Gasteiger charge is 2.17. The molecule has 0 saturated carbocycles. The van der Waals surface area contributed by atoms with Crippen LogP contribution in [0, 0.1) is 0 Å². The van der Waals surface area contributed by atoms with E-state index in [1.54, 1.807) is 0 Å². The van der Waals surface area contributed by atoms with E-state index < -0.39 is 0 Å². The van der Waals surface area contributed by atoms with Crippen LogP contribution in [0.25, 0.3) is 0 Å². The molecule has 2 heteroatoms. The number of fused-ring (bicyclic) bond motifs is 1. The molecule has 64 valence electrons. The van der Waals surface area contributed by atoms with Crippen molar-refractivity contribution in [2.45, 2.75) is 19.4 Å². The van der Waals surface area contributed by atoms with Gasteiger partial charge in [-0.1, -0.05) is 35.0 Å². The molecule has 0 aromatic heterocycles. The van der Waals surface area contributed by atoms with Crippen LogP contribution < -0.4 is 0 Å². The molecule has 0 spiro atoms. The summed E-state index contributed by atoms with van der Waals surface area (Å²) in [5, 5.41) is 0. The maximum Gasteiger partial charge on any atom is 0.0730 e. The second-order valence-corrected chi connectivity index (χ2v) is 4.08. The molecule has 1 unspecified atom stereocenters. The molecule has 2 rings (SSSR count). The second kappa shape index (κ2) is 3.19. The van der Waals surface area contributed by atoms with Crippen LogP contribution in [-0.2, 0) is 11.3 Å². The van der Waals surface area contributed by atoms with Crippen LogP contribution in [0.15, 0.2) is 22.7 Å². The molecular weight excluding hydrogens is 216 g/mol. The van der Waals surface area contributed by atoms with Crippen LogP contribution in [0.2, 0.25) is 0 Å². The Bertz CT molecular complexity index is 296. The smallest absolute Gasteiger partial charge is 0.0730 e. The number of halogens is 1. The summed E-state index contributed by atoms with van der Waals surface area (Å²) in [4.78, 5) is 0. The molecule has 0 radical (unpaired) electrons. The molecule has 0 saturated heterocycles. The quantitative estimate of drug-likeness (QED) is 0.661. The van der Waals surface area contributed by atoms with Crippen molar-refractivity contribution in [1.29, 1.82) is 0 Å². The van der Waals surface area contributed by atoms with Crippen molar-refractivity contribution in [1.82, 2.24) is 0 Å². The first kappa shape index (κ1) is 8.27. The molecule has 1 heterocycles. The average molecular weight is 227 g/mol. The normalized spacial score (nSPS) is 22.0. The van der Waals surface area contributed by atoms with E-state index in [4.69, 9.17) is 4.74 Å². The third-order valence-corrected chi connectivity index (χ3v) is 3.04. The monoisotopic (exact) mass is 226 g/mol. The Morgan fingerprint density at radius 1 is 1.50 bits per heavy atom.